The van der Waals surface area contributed by atoms with Crippen LogP contribution in [0.25, 0.3) is 0 Å². The van der Waals surface area contributed by atoms with E-state index in [1.165, 1.54) is 16.2 Å². The van der Waals surface area contributed by atoms with E-state index in [-0.39, 0.29) is 23.1 Å². The van der Waals surface area contributed by atoms with E-state index < -0.39 is 5.91 Å². The molecule has 1 aromatic heterocycles. The maximum absolute atomic E-state index is 13.0. The second-order valence-corrected chi connectivity index (χ2v) is 8.38. The van der Waals surface area contributed by atoms with E-state index in [4.69, 9.17) is 11.8 Å². The first-order valence-corrected chi connectivity index (χ1v) is 10.4. The summed E-state index contributed by atoms with van der Waals surface area (Å²) in [4.78, 5) is 42.4. The predicted octanol–water partition coefficient (Wildman–Crippen LogP) is 3.63. The molecule has 28 heavy (non-hydrogen) atoms. The Balaban J connectivity index is 1.58. The molecule has 146 valence electrons. The fourth-order valence-corrected chi connectivity index (χ4v) is 4.85. The van der Waals surface area contributed by atoms with E-state index in [2.05, 4.69) is 11.9 Å². The van der Waals surface area contributed by atoms with E-state index in [0.717, 1.165) is 30.2 Å². The number of nitrogens with zero attached hydrogens (tertiary/aromatic N) is 3. The van der Waals surface area contributed by atoms with Crippen molar-refractivity contribution < 1.29 is 14.4 Å². The molecule has 1 saturated heterocycles. The van der Waals surface area contributed by atoms with Crippen LogP contribution in [0.3, 0.4) is 0 Å². The lowest BCUT2D eigenvalue weighted by Gasteiger charge is -2.22. The van der Waals surface area contributed by atoms with Gasteiger partial charge in [-0.1, -0.05) is 12.1 Å². The fraction of sp³-hybridized carbons (Fsp3) is 0.350. The third kappa shape index (κ3) is 3.23. The highest BCUT2D eigenvalue weighted by Gasteiger charge is 2.39. The number of carbonyl (C=O) groups excluding carboxylic acids is 3. The Morgan fingerprint density at radius 3 is 2.75 bits per heavy atom. The number of carbonyl (C=O) groups is 3. The van der Waals surface area contributed by atoms with Crippen molar-refractivity contribution >= 4 is 46.5 Å². The number of imide groups is 1. The van der Waals surface area contributed by atoms with Crippen LogP contribution in [-0.2, 0) is 0 Å². The van der Waals surface area contributed by atoms with Crippen molar-refractivity contribution in [1.29, 1.82) is 0 Å². The lowest BCUT2D eigenvalue weighted by Crippen LogP contribution is -2.35. The van der Waals surface area contributed by atoms with E-state index in [0.29, 0.717) is 23.0 Å². The number of halogens is 1. The van der Waals surface area contributed by atoms with Gasteiger partial charge in [0.05, 0.1) is 21.7 Å². The molecule has 2 aliphatic rings. The molecule has 0 spiro atoms. The van der Waals surface area contributed by atoms with Gasteiger partial charge in [0.15, 0.2) is 0 Å². The summed E-state index contributed by atoms with van der Waals surface area (Å²) in [6.45, 7) is 1.41. The predicted molar refractivity (Wildman–Crippen MR) is 109 cm³/mol. The minimum Gasteiger partial charge on any atom is -0.303 e. The first-order chi connectivity index (χ1) is 13.5. The van der Waals surface area contributed by atoms with Gasteiger partial charge in [0.2, 0.25) is 0 Å². The summed E-state index contributed by atoms with van der Waals surface area (Å²) in [5.74, 6) is -1.13. The zero-order chi connectivity index (χ0) is 19.8. The van der Waals surface area contributed by atoms with Crippen LogP contribution in [0.4, 0.5) is 5.69 Å². The lowest BCUT2D eigenvalue weighted by atomic mass is 10.1. The highest BCUT2D eigenvalue weighted by atomic mass is 35.5. The molecule has 1 fully saturated rings. The molecule has 2 aromatic rings. The topological polar surface area (TPSA) is 60.9 Å². The molecule has 0 aliphatic carbocycles. The second kappa shape index (κ2) is 7.66. The number of anilines is 1. The van der Waals surface area contributed by atoms with Crippen molar-refractivity contribution in [3.8, 4) is 0 Å². The summed E-state index contributed by atoms with van der Waals surface area (Å²) in [7, 11) is 2.07. The molecule has 0 N–H and O–H groups in total. The molecule has 2 aliphatic heterocycles. The van der Waals surface area contributed by atoms with Crippen molar-refractivity contribution in [1.82, 2.24) is 9.80 Å². The fourth-order valence-electron chi connectivity index (χ4n) is 3.91. The van der Waals surface area contributed by atoms with Crippen LogP contribution in [0.2, 0.25) is 0 Å². The number of rotatable bonds is 5. The first-order valence-electron chi connectivity index (χ1n) is 9.22. The molecule has 1 aromatic carbocycles. The number of likely N-dealkylation sites (tertiary alicyclic amines) is 1. The molecule has 0 saturated carbocycles. The monoisotopic (exact) mass is 417 g/mol. The zero-order valence-electron chi connectivity index (χ0n) is 15.4. The van der Waals surface area contributed by atoms with Crippen LogP contribution < -0.4 is 4.42 Å². The van der Waals surface area contributed by atoms with E-state index in [9.17, 15) is 14.4 Å². The molecule has 6 nitrogen and oxygen atoms in total. The number of hydrogen-bond donors (Lipinski definition) is 0. The number of benzene rings is 1. The van der Waals surface area contributed by atoms with Gasteiger partial charge in [-0.3, -0.25) is 19.3 Å². The lowest BCUT2D eigenvalue weighted by molar-refractivity contribution is 0.0643. The van der Waals surface area contributed by atoms with Crippen LogP contribution >= 0.6 is 23.1 Å². The van der Waals surface area contributed by atoms with E-state index in [1.807, 2.05) is 0 Å². The van der Waals surface area contributed by atoms with Crippen molar-refractivity contribution in [2.75, 3.05) is 24.6 Å². The second-order valence-electron chi connectivity index (χ2n) is 7.09. The van der Waals surface area contributed by atoms with E-state index >= 15 is 0 Å². The molecule has 3 heterocycles. The molecule has 1 atom stereocenters. The average molecular weight is 418 g/mol. The van der Waals surface area contributed by atoms with Crippen LogP contribution in [0, 0.1) is 0 Å². The van der Waals surface area contributed by atoms with Crippen LogP contribution in [0.1, 0.15) is 49.7 Å². The number of hydrogen-bond acceptors (Lipinski definition) is 5. The van der Waals surface area contributed by atoms with Gasteiger partial charge in [0.25, 0.3) is 17.7 Å². The first kappa shape index (κ1) is 19.1. The van der Waals surface area contributed by atoms with Gasteiger partial charge in [-0.2, -0.15) is 0 Å². The van der Waals surface area contributed by atoms with Gasteiger partial charge < -0.3 is 4.90 Å². The maximum atomic E-state index is 13.0. The molecule has 0 bridgehead atoms. The SMILES string of the molecule is CN1CCCC1CCN1C(=O)c2cccc(N(Cl)C(=O)c3cccs3)c2C1=O. The number of fused-ring (bicyclic) bond motifs is 1. The van der Waals surface area contributed by atoms with Crippen molar-refractivity contribution in [3.05, 3.63) is 51.7 Å². The smallest absolute Gasteiger partial charge is 0.283 e. The van der Waals surface area contributed by atoms with Gasteiger partial charge in [0, 0.05) is 24.4 Å². The quantitative estimate of drug-likeness (QED) is 0.550. The van der Waals surface area contributed by atoms with Crippen molar-refractivity contribution in [2.24, 2.45) is 0 Å². The molecular formula is C20H20ClN3O3S. The Hall–Kier alpha value is -2.22. The molecule has 0 radical (unpaired) electrons. The molecule has 8 heteroatoms. The van der Waals surface area contributed by atoms with Gasteiger partial charge >= 0.3 is 0 Å². The summed E-state index contributed by atoms with van der Waals surface area (Å²) in [6, 6.07) is 8.66. The highest BCUT2D eigenvalue weighted by molar-refractivity contribution is 7.12. The third-order valence-corrected chi connectivity index (χ3v) is 6.65. The summed E-state index contributed by atoms with van der Waals surface area (Å²) in [6.07, 6.45) is 2.96. The maximum Gasteiger partial charge on any atom is 0.283 e. The Labute approximate surface area is 172 Å². The van der Waals surface area contributed by atoms with Crippen LogP contribution in [0.5, 0.6) is 0 Å². The normalized spacial score (nSPS) is 19.4. The molecule has 4 rings (SSSR count). The third-order valence-electron chi connectivity index (χ3n) is 5.46. The van der Waals surface area contributed by atoms with Crippen molar-refractivity contribution in [2.45, 2.75) is 25.3 Å². The minimum atomic E-state index is -0.420. The Morgan fingerprint density at radius 1 is 1.25 bits per heavy atom. The minimum absolute atomic E-state index is 0.201. The highest BCUT2D eigenvalue weighted by Crippen LogP contribution is 2.34. The summed E-state index contributed by atoms with van der Waals surface area (Å²) in [5.41, 5.74) is 0.746. The molecule has 3 amide bonds. The van der Waals surface area contributed by atoms with Gasteiger partial charge in [-0.15, -0.1) is 11.3 Å². The van der Waals surface area contributed by atoms with Gasteiger partial charge in [-0.05, 0) is 56.4 Å². The van der Waals surface area contributed by atoms with Gasteiger partial charge in [0.1, 0.15) is 0 Å². The van der Waals surface area contributed by atoms with Crippen molar-refractivity contribution in [3.63, 3.8) is 0 Å². The summed E-state index contributed by atoms with van der Waals surface area (Å²) >= 11 is 7.56. The zero-order valence-corrected chi connectivity index (χ0v) is 17.0. The average Bonchev–Trinajstić information content (AvgIpc) is 3.42. The van der Waals surface area contributed by atoms with Crippen LogP contribution in [0.15, 0.2) is 35.7 Å². The Morgan fingerprint density at radius 2 is 2.07 bits per heavy atom. The van der Waals surface area contributed by atoms with E-state index in [1.54, 1.807) is 35.7 Å². The van der Waals surface area contributed by atoms with Gasteiger partial charge in [-0.25, -0.2) is 4.42 Å². The van der Waals surface area contributed by atoms with Crippen LogP contribution in [-0.4, -0.2) is 53.7 Å². The largest absolute Gasteiger partial charge is 0.303 e. The standard InChI is InChI=1S/C20H20ClN3O3S/c1-22-10-3-5-13(22)9-11-23-18(25)14-6-2-7-15(17(14)20(23)27)24(21)19(26)16-8-4-12-28-16/h2,4,6-8,12-13H,3,5,9-11H2,1H3. The Kier molecular flexibility index (Phi) is 5.23. The number of thiophene rings is 1. The number of amides is 3. The molecule has 1 unspecified atom stereocenters. The summed E-state index contributed by atoms with van der Waals surface area (Å²) < 4.78 is 0.935. The summed E-state index contributed by atoms with van der Waals surface area (Å²) in [5, 5.41) is 1.78. The molecular weight excluding hydrogens is 398 g/mol. The Bertz CT molecular complexity index is 931.